The van der Waals surface area contributed by atoms with E-state index < -0.39 is 18.0 Å². The average molecular weight is 392 g/mol. The van der Waals surface area contributed by atoms with E-state index in [2.05, 4.69) is 11.9 Å². The number of carbonyl (C=O) groups excluding carboxylic acids is 4. The van der Waals surface area contributed by atoms with Crippen LogP contribution in [0.4, 0.5) is 0 Å². The van der Waals surface area contributed by atoms with Crippen molar-refractivity contribution in [2.24, 2.45) is 0 Å². The number of hydrogen-bond acceptors (Lipinski definition) is 5. The molecule has 1 aliphatic heterocycles. The van der Waals surface area contributed by atoms with Crippen molar-refractivity contribution in [2.45, 2.75) is 19.6 Å². The van der Waals surface area contributed by atoms with Crippen LogP contribution < -0.4 is 5.32 Å². The Morgan fingerprint density at radius 2 is 1.76 bits per heavy atom. The number of esters is 1. The Hall–Kier alpha value is -3.74. The van der Waals surface area contributed by atoms with Gasteiger partial charge in [0.25, 0.3) is 17.7 Å². The molecule has 0 spiro atoms. The van der Waals surface area contributed by atoms with Crippen molar-refractivity contribution in [1.29, 1.82) is 0 Å². The number of nitrogens with zero attached hydrogens (tertiary/aromatic N) is 1. The summed E-state index contributed by atoms with van der Waals surface area (Å²) < 4.78 is 5.18. The van der Waals surface area contributed by atoms with E-state index in [4.69, 9.17) is 4.74 Å². The molecular weight excluding hydrogens is 372 g/mol. The first kappa shape index (κ1) is 20.0. The van der Waals surface area contributed by atoms with Gasteiger partial charge in [-0.25, -0.2) is 4.79 Å². The molecule has 7 heteroatoms. The van der Waals surface area contributed by atoms with E-state index in [0.29, 0.717) is 16.7 Å². The monoisotopic (exact) mass is 392 g/mol. The van der Waals surface area contributed by atoms with Crippen LogP contribution in [0.3, 0.4) is 0 Å². The van der Waals surface area contributed by atoms with Crippen molar-refractivity contribution in [2.75, 3.05) is 6.54 Å². The molecule has 0 unspecified atom stereocenters. The van der Waals surface area contributed by atoms with Gasteiger partial charge in [-0.15, -0.1) is 6.58 Å². The van der Waals surface area contributed by atoms with Crippen LogP contribution in [0.15, 0.2) is 61.2 Å². The van der Waals surface area contributed by atoms with Gasteiger partial charge >= 0.3 is 5.97 Å². The molecule has 0 saturated carbocycles. The lowest BCUT2D eigenvalue weighted by Gasteiger charge is -2.15. The standard InChI is InChI=1S/C22H20N2O5/c1-3-11-23-19(25)14(2)29-22(28)16-8-6-7-15(12-16)13-24-20(26)17-9-4-5-10-18(17)21(24)27/h3-10,12,14H,1,11,13H2,2H3,(H,23,25)/t14-/m0/s1. The number of ether oxygens (including phenoxy) is 1. The third-order valence-electron chi connectivity index (χ3n) is 4.46. The summed E-state index contributed by atoms with van der Waals surface area (Å²) in [5, 5.41) is 2.55. The van der Waals surface area contributed by atoms with Gasteiger partial charge < -0.3 is 10.1 Å². The van der Waals surface area contributed by atoms with Gasteiger partial charge in [-0.05, 0) is 36.8 Å². The molecule has 1 heterocycles. The molecule has 148 valence electrons. The fraction of sp³-hybridized carbons (Fsp3) is 0.182. The summed E-state index contributed by atoms with van der Waals surface area (Å²) in [6.45, 7) is 5.28. The van der Waals surface area contributed by atoms with Gasteiger partial charge in [0, 0.05) is 6.54 Å². The van der Waals surface area contributed by atoms with Crippen molar-refractivity contribution in [3.63, 3.8) is 0 Å². The number of amides is 3. The van der Waals surface area contributed by atoms with Crippen LogP contribution in [-0.4, -0.2) is 41.2 Å². The Morgan fingerprint density at radius 1 is 1.10 bits per heavy atom. The lowest BCUT2D eigenvalue weighted by molar-refractivity contribution is -0.128. The molecule has 0 radical (unpaired) electrons. The molecule has 2 aromatic rings. The van der Waals surface area contributed by atoms with Gasteiger partial charge in [0.1, 0.15) is 0 Å². The van der Waals surface area contributed by atoms with E-state index in [1.165, 1.54) is 13.0 Å². The normalized spacial score (nSPS) is 13.6. The summed E-state index contributed by atoms with van der Waals surface area (Å²) in [4.78, 5) is 50.3. The smallest absolute Gasteiger partial charge is 0.338 e. The number of hydrogen-bond donors (Lipinski definition) is 1. The molecule has 0 saturated heterocycles. The lowest BCUT2D eigenvalue weighted by Crippen LogP contribution is -2.35. The van der Waals surface area contributed by atoms with Crippen LogP contribution in [0.25, 0.3) is 0 Å². The quantitative estimate of drug-likeness (QED) is 0.444. The third kappa shape index (κ3) is 4.24. The molecule has 3 rings (SSSR count). The highest BCUT2D eigenvalue weighted by atomic mass is 16.5. The van der Waals surface area contributed by atoms with E-state index >= 15 is 0 Å². The van der Waals surface area contributed by atoms with Crippen molar-refractivity contribution >= 4 is 23.7 Å². The Morgan fingerprint density at radius 3 is 2.38 bits per heavy atom. The fourth-order valence-electron chi connectivity index (χ4n) is 2.96. The van der Waals surface area contributed by atoms with Gasteiger partial charge in [0.05, 0.1) is 23.2 Å². The van der Waals surface area contributed by atoms with Gasteiger partial charge in [-0.2, -0.15) is 0 Å². The van der Waals surface area contributed by atoms with Crippen molar-refractivity contribution in [1.82, 2.24) is 10.2 Å². The number of nitrogens with one attached hydrogen (secondary N) is 1. The minimum absolute atomic E-state index is 0.0306. The van der Waals surface area contributed by atoms with Crippen LogP contribution in [0.1, 0.15) is 43.6 Å². The zero-order valence-electron chi connectivity index (χ0n) is 15.9. The molecule has 7 nitrogen and oxygen atoms in total. The molecule has 3 amide bonds. The largest absolute Gasteiger partial charge is 0.449 e. The number of imide groups is 1. The predicted molar refractivity (Wildman–Crippen MR) is 105 cm³/mol. The van der Waals surface area contributed by atoms with Crippen LogP contribution in [0.5, 0.6) is 0 Å². The second-order valence-corrected chi connectivity index (χ2v) is 6.52. The molecule has 1 atom stereocenters. The molecule has 1 N–H and O–H groups in total. The van der Waals surface area contributed by atoms with E-state index in [0.717, 1.165) is 4.90 Å². The Kier molecular flexibility index (Phi) is 5.87. The van der Waals surface area contributed by atoms with E-state index in [1.54, 1.807) is 48.5 Å². The number of benzene rings is 2. The van der Waals surface area contributed by atoms with Crippen molar-refractivity contribution < 1.29 is 23.9 Å². The van der Waals surface area contributed by atoms with Crippen molar-refractivity contribution in [3.8, 4) is 0 Å². The maximum absolute atomic E-state index is 12.5. The highest BCUT2D eigenvalue weighted by Crippen LogP contribution is 2.24. The van der Waals surface area contributed by atoms with Crippen LogP contribution in [0, 0.1) is 0 Å². The predicted octanol–water partition coefficient (Wildman–Crippen LogP) is 2.33. The number of rotatable bonds is 7. The molecule has 29 heavy (non-hydrogen) atoms. The van der Waals surface area contributed by atoms with Gasteiger partial charge in [0.15, 0.2) is 6.10 Å². The molecular formula is C22H20N2O5. The molecule has 2 aromatic carbocycles. The van der Waals surface area contributed by atoms with Crippen molar-refractivity contribution in [3.05, 3.63) is 83.4 Å². The molecule has 0 bridgehead atoms. The highest BCUT2D eigenvalue weighted by Gasteiger charge is 2.35. The molecule has 0 aromatic heterocycles. The zero-order valence-corrected chi connectivity index (χ0v) is 15.9. The van der Waals surface area contributed by atoms with Crippen LogP contribution in [-0.2, 0) is 16.1 Å². The fourth-order valence-corrected chi connectivity index (χ4v) is 2.96. The number of fused-ring (bicyclic) bond motifs is 1. The molecule has 0 fully saturated rings. The maximum Gasteiger partial charge on any atom is 0.338 e. The SMILES string of the molecule is C=CCNC(=O)[C@H](C)OC(=O)c1cccc(CN2C(=O)c3ccccc3C2=O)c1. The van der Waals surface area contributed by atoms with E-state index in [-0.39, 0.29) is 30.5 Å². The first-order valence-corrected chi connectivity index (χ1v) is 9.06. The molecule has 0 aliphatic carbocycles. The molecule has 1 aliphatic rings. The van der Waals surface area contributed by atoms with E-state index in [9.17, 15) is 19.2 Å². The summed E-state index contributed by atoms with van der Waals surface area (Å²) >= 11 is 0. The average Bonchev–Trinajstić information content (AvgIpc) is 2.97. The van der Waals surface area contributed by atoms with E-state index in [1.807, 2.05) is 0 Å². The van der Waals surface area contributed by atoms with Gasteiger partial charge in [-0.1, -0.05) is 30.3 Å². The second kappa shape index (κ2) is 8.52. The first-order valence-electron chi connectivity index (χ1n) is 9.06. The summed E-state index contributed by atoms with van der Waals surface area (Å²) in [7, 11) is 0. The van der Waals surface area contributed by atoms with Crippen LogP contribution in [0.2, 0.25) is 0 Å². The van der Waals surface area contributed by atoms with Gasteiger partial charge in [0.2, 0.25) is 0 Å². The third-order valence-corrected chi connectivity index (χ3v) is 4.46. The topological polar surface area (TPSA) is 92.8 Å². The van der Waals surface area contributed by atoms with Gasteiger partial charge in [-0.3, -0.25) is 19.3 Å². The minimum atomic E-state index is -0.970. The summed E-state index contributed by atoms with van der Waals surface area (Å²) in [5.41, 5.74) is 1.56. The number of carbonyl (C=O) groups is 4. The minimum Gasteiger partial charge on any atom is -0.449 e. The summed E-state index contributed by atoms with van der Waals surface area (Å²) in [5.74, 6) is -1.84. The Labute approximate surface area is 168 Å². The summed E-state index contributed by atoms with van der Waals surface area (Å²) in [6, 6.07) is 13.1. The highest BCUT2D eigenvalue weighted by molar-refractivity contribution is 6.21. The van der Waals surface area contributed by atoms with Crippen LogP contribution >= 0.6 is 0 Å². The maximum atomic E-state index is 12.5. The Balaban J connectivity index is 1.70. The zero-order chi connectivity index (χ0) is 21.0. The lowest BCUT2D eigenvalue weighted by atomic mass is 10.1. The first-order chi connectivity index (χ1) is 13.9. The Bertz CT molecular complexity index is 963. The second-order valence-electron chi connectivity index (χ2n) is 6.52. The summed E-state index contributed by atoms with van der Waals surface area (Å²) in [6.07, 6.45) is 0.553.